The molecule has 0 radical (unpaired) electrons. The van der Waals surface area contributed by atoms with E-state index in [1.165, 1.54) is 11.1 Å². The summed E-state index contributed by atoms with van der Waals surface area (Å²) in [4.78, 5) is 0. The van der Waals surface area contributed by atoms with Crippen molar-refractivity contribution in [2.24, 2.45) is 0 Å². The average molecular weight is 250 g/mol. The molecule has 3 heteroatoms. The minimum Gasteiger partial charge on any atom is -0.493 e. The molecule has 0 atom stereocenters. The van der Waals surface area contributed by atoms with Crippen molar-refractivity contribution in [3.05, 3.63) is 23.3 Å². The van der Waals surface area contributed by atoms with Gasteiger partial charge in [-0.25, -0.2) is 0 Å². The molecule has 1 aromatic carbocycles. The third-order valence-corrected chi connectivity index (χ3v) is 3.18. The summed E-state index contributed by atoms with van der Waals surface area (Å²) in [5.74, 6) is 1.64. The highest BCUT2D eigenvalue weighted by molar-refractivity contribution is 5.48. The van der Waals surface area contributed by atoms with Crippen molar-refractivity contribution in [1.82, 2.24) is 0 Å². The molecular formula is C15H22O3. The molecule has 0 unspecified atom stereocenters. The lowest BCUT2D eigenvalue weighted by Gasteiger charge is -2.32. The zero-order chi connectivity index (χ0) is 13.2. The van der Waals surface area contributed by atoms with Crippen molar-refractivity contribution in [3.63, 3.8) is 0 Å². The lowest BCUT2D eigenvalue weighted by atomic mass is 9.91. The lowest BCUT2D eigenvalue weighted by Crippen LogP contribution is -2.31. The summed E-state index contributed by atoms with van der Waals surface area (Å²) < 4.78 is 16.9. The second-order valence-corrected chi connectivity index (χ2v) is 5.35. The highest BCUT2D eigenvalue weighted by atomic mass is 16.5. The summed E-state index contributed by atoms with van der Waals surface area (Å²) in [7, 11) is 1.67. The zero-order valence-corrected chi connectivity index (χ0v) is 11.7. The third kappa shape index (κ3) is 2.78. The van der Waals surface area contributed by atoms with Gasteiger partial charge in [-0.1, -0.05) is 6.92 Å². The number of fused-ring (bicyclic) bond motifs is 1. The van der Waals surface area contributed by atoms with Crippen LogP contribution in [0.1, 0.15) is 38.3 Å². The first kappa shape index (κ1) is 13.2. The second kappa shape index (κ2) is 5.19. The van der Waals surface area contributed by atoms with Crippen molar-refractivity contribution < 1.29 is 14.2 Å². The molecule has 0 N–H and O–H groups in total. The van der Waals surface area contributed by atoms with Crippen molar-refractivity contribution in [2.75, 3.05) is 13.7 Å². The molecule has 0 bridgehead atoms. The van der Waals surface area contributed by atoms with Gasteiger partial charge in [0.05, 0.1) is 25.9 Å². The van der Waals surface area contributed by atoms with Gasteiger partial charge in [0.1, 0.15) is 0 Å². The Morgan fingerprint density at radius 2 is 1.94 bits per heavy atom. The van der Waals surface area contributed by atoms with E-state index in [4.69, 9.17) is 14.2 Å². The van der Waals surface area contributed by atoms with Crippen LogP contribution in [0.25, 0.3) is 0 Å². The smallest absolute Gasteiger partial charge is 0.161 e. The minimum atomic E-state index is -0.0936. The van der Waals surface area contributed by atoms with Crippen LogP contribution in [-0.4, -0.2) is 19.3 Å². The van der Waals surface area contributed by atoms with Crippen molar-refractivity contribution in [2.45, 2.75) is 45.8 Å². The number of rotatable bonds is 4. The molecule has 1 aromatic rings. The quantitative estimate of drug-likeness (QED) is 0.820. The highest BCUT2D eigenvalue weighted by Gasteiger charge is 2.27. The van der Waals surface area contributed by atoms with E-state index >= 15 is 0 Å². The Morgan fingerprint density at radius 1 is 1.22 bits per heavy atom. The van der Waals surface area contributed by atoms with E-state index in [0.717, 1.165) is 30.9 Å². The van der Waals surface area contributed by atoms with Gasteiger partial charge in [0.25, 0.3) is 0 Å². The molecule has 18 heavy (non-hydrogen) atoms. The SMILES string of the molecule is CCCOc1cc2c(cc1OC)COC(C)(C)C2. The van der Waals surface area contributed by atoms with Gasteiger partial charge in [-0.05, 0) is 43.5 Å². The fourth-order valence-electron chi connectivity index (χ4n) is 2.21. The van der Waals surface area contributed by atoms with Crippen molar-refractivity contribution in [3.8, 4) is 11.5 Å². The standard InChI is InChI=1S/C15H22O3/c1-5-6-17-14-7-11-9-15(2,3)18-10-12(11)8-13(14)16-4/h7-8H,5-6,9-10H2,1-4H3. The lowest BCUT2D eigenvalue weighted by molar-refractivity contribution is -0.0402. The molecular weight excluding hydrogens is 228 g/mol. The molecule has 2 rings (SSSR count). The first-order valence-corrected chi connectivity index (χ1v) is 6.52. The molecule has 1 aliphatic heterocycles. The monoisotopic (exact) mass is 250 g/mol. The van der Waals surface area contributed by atoms with E-state index < -0.39 is 0 Å². The second-order valence-electron chi connectivity index (χ2n) is 5.35. The third-order valence-electron chi connectivity index (χ3n) is 3.18. The van der Waals surface area contributed by atoms with Crippen LogP contribution in [0.3, 0.4) is 0 Å². The minimum absolute atomic E-state index is 0.0936. The molecule has 3 nitrogen and oxygen atoms in total. The van der Waals surface area contributed by atoms with Crippen LogP contribution in [0.5, 0.6) is 11.5 Å². The largest absolute Gasteiger partial charge is 0.493 e. The predicted molar refractivity (Wildman–Crippen MR) is 71.4 cm³/mol. The Morgan fingerprint density at radius 3 is 2.61 bits per heavy atom. The van der Waals surface area contributed by atoms with Gasteiger partial charge >= 0.3 is 0 Å². The first-order chi connectivity index (χ1) is 8.55. The summed E-state index contributed by atoms with van der Waals surface area (Å²) in [6, 6.07) is 4.14. The van der Waals surface area contributed by atoms with Crippen LogP contribution in [0, 0.1) is 0 Å². The summed E-state index contributed by atoms with van der Waals surface area (Å²) in [6.45, 7) is 7.70. The summed E-state index contributed by atoms with van der Waals surface area (Å²) in [6.07, 6.45) is 1.91. The predicted octanol–water partition coefficient (Wildman–Crippen LogP) is 3.34. The average Bonchev–Trinajstić information content (AvgIpc) is 2.34. The number of hydrogen-bond acceptors (Lipinski definition) is 3. The van der Waals surface area contributed by atoms with Crippen molar-refractivity contribution >= 4 is 0 Å². The maximum atomic E-state index is 5.82. The number of hydrogen-bond donors (Lipinski definition) is 0. The van der Waals surface area contributed by atoms with E-state index in [9.17, 15) is 0 Å². The Kier molecular flexibility index (Phi) is 3.81. The van der Waals surface area contributed by atoms with E-state index in [2.05, 4.69) is 26.8 Å². The molecule has 1 aliphatic rings. The molecule has 100 valence electrons. The maximum Gasteiger partial charge on any atom is 0.161 e. The van der Waals surface area contributed by atoms with Crippen LogP contribution in [-0.2, 0) is 17.8 Å². The zero-order valence-electron chi connectivity index (χ0n) is 11.7. The molecule has 0 saturated heterocycles. The van der Waals surface area contributed by atoms with Crippen LogP contribution < -0.4 is 9.47 Å². The normalized spacial score (nSPS) is 17.1. The first-order valence-electron chi connectivity index (χ1n) is 6.52. The Labute approximate surface area is 109 Å². The Hall–Kier alpha value is -1.22. The van der Waals surface area contributed by atoms with Gasteiger partial charge in [0.2, 0.25) is 0 Å². The summed E-state index contributed by atoms with van der Waals surface area (Å²) in [5, 5.41) is 0. The van der Waals surface area contributed by atoms with E-state index in [-0.39, 0.29) is 5.60 Å². The maximum absolute atomic E-state index is 5.82. The topological polar surface area (TPSA) is 27.7 Å². The van der Waals surface area contributed by atoms with E-state index in [1.807, 2.05) is 6.07 Å². The van der Waals surface area contributed by atoms with Crippen LogP contribution in [0.4, 0.5) is 0 Å². The number of methoxy groups -OCH3 is 1. The Bertz CT molecular complexity index is 424. The molecule has 0 aliphatic carbocycles. The van der Waals surface area contributed by atoms with Crippen LogP contribution in [0.15, 0.2) is 12.1 Å². The fraction of sp³-hybridized carbons (Fsp3) is 0.600. The van der Waals surface area contributed by atoms with Gasteiger partial charge < -0.3 is 14.2 Å². The van der Waals surface area contributed by atoms with Crippen molar-refractivity contribution in [1.29, 1.82) is 0 Å². The molecule has 0 fully saturated rings. The molecule has 0 amide bonds. The molecule has 0 spiro atoms. The summed E-state index contributed by atoms with van der Waals surface area (Å²) in [5.41, 5.74) is 2.41. The molecule has 0 aromatic heterocycles. The van der Waals surface area contributed by atoms with E-state index in [0.29, 0.717) is 6.61 Å². The van der Waals surface area contributed by atoms with Gasteiger partial charge in [-0.15, -0.1) is 0 Å². The van der Waals surface area contributed by atoms with Gasteiger partial charge in [0.15, 0.2) is 11.5 Å². The van der Waals surface area contributed by atoms with Crippen LogP contribution in [0.2, 0.25) is 0 Å². The van der Waals surface area contributed by atoms with Gasteiger partial charge in [-0.2, -0.15) is 0 Å². The summed E-state index contributed by atoms with van der Waals surface area (Å²) >= 11 is 0. The molecule has 0 saturated carbocycles. The van der Waals surface area contributed by atoms with Gasteiger partial charge in [-0.3, -0.25) is 0 Å². The highest BCUT2D eigenvalue weighted by Crippen LogP contribution is 2.36. The van der Waals surface area contributed by atoms with Gasteiger partial charge in [0, 0.05) is 6.42 Å². The number of ether oxygens (including phenoxy) is 3. The van der Waals surface area contributed by atoms with Crippen LogP contribution >= 0.6 is 0 Å². The molecule has 1 heterocycles. The van der Waals surface area contributed by atoms with E-state index in [1.54, 1.807) is 7.11 Å². The Balaban J connectivity index is 2.31. The number of benzene rings is 1. The fourth-order valence-corrected chi connectivity index (χ4v) is 2.21.